The highest BCUT2D eigenvalue weighted by atomic mass is 35.5. The molecule has 1 aliphatic heterocycles. The Hall–Kier alpha value is 0.250. The van der Waals surface area contributed by atoms with E-state index >= 15 is 0 Å². The lowest BCUT2D eigenvalue weighted by atomic mass is 9.92. The molecule has 0 amide bonds. The van der Waals surface area contributed by atoms with Gasteiger partial charge in [-0.3, -0.25) is 0 Å². The second-order valence-electron chi connectivity index (χ2n) is 4.04. The van der Waals surface area contributed by atoms with Gasteiger partial charge in [0.05, 0.1) is 0 Å². The molecule has 1 saturated heterocycles. The highest BCUT2D eigenvalue weighted by Crippen LogP contribution is 2.19. The Morgan fingerprint density at radius 3 is 2.38 bits per heavy atom. The van der Waals surface area contributed by atoms with Crippen molar-refractivity contribution in [1.29, 1.82) is 0 Å². The molecule has 0 bridgehead atoms. The Bertz CT molecular complexity index is 100. The molecule has 0 unspecified atom stereocenters. The van der Waals surface area contributed by atoms with E-state index in [1.165, 1.54) is 58.0 Å². The third kappa shape index (κ3) is 6.34. The van der Waals surface area contributed by atoms with Crippen LogP contribution < -0.4 is 5.32 Å². The highest BCUT2D eigenvalue weighted by Gasteiger charge is 2.11. The van der Waals surface area contributed by atoms with E-state index in [-0.39, 0.29) is 12.4 Å². The van der Waals surface area contributed by atoms with Crippen molar-refractivity contribution in [2.24, 2.45) is 5.92 Å². The van der Waals surface area contributed by atoms with Crippen LogP contribution in [0.25, 0.3) is 0 Å². The van der Waals surface area contributed by atoms with Gasteiger partial charge in [-0.15, -0.1) is 12.4 Å². The Morgan fingerprint density at radius 1 is 1.08 bits per heavy atom. The van der Waals surface area contributed by atoms with E-state index in [1.807, 2.05) is 0 Å². The quantitative estimate of drug-likeness (QED) is 0.679. The minimum Gasteiger partial charge on any atom is -0.317 e. The summed E-state index contributed by atoms with van der Waals surface area (Å²) in [5.74, 6) is 1.04. The summed E-state index contributed by atoms with van der Waals surface area (Å²) < 4.78 is 0. The van der Waals surface area contributed by atoms with E-state index in [4.69, 9.17) is 0 Å². The van der Waals surface area contributed by atoms with Gasteiger partial charge >= 0.3 is 0 Å². The fourth-order valence-electron chi connectivity index (χ4n) is 2.03. The molecule has 2 heteroatoms. The van der Waals surface area contributed by atoms with Crippen LogP contribution in [0.4, 0.5) is 0 Å². The monoisotopic (exact) mass is 205 g/mol. The highest BCUT2D eigenvalue weighted by molar-refractivity contribution is 5.85. The SMILES string of the molecule is CCCCCCC1CCNCC1.Cl. The largest absolute Gasteiger partial charge is 0.317 e. The molecule has 1 aliphatic rings. The van der Waals surface area contributed by atoms with Crippen LogP contribution in [0.15, 0.2) is 0 Å². The third-order valence-corrected chi connectivity index (χ3v) is 2.92. The van der Waals surface area contributed by atoms with E-state index in [2.05, 4.69) is 12.2 Å². The Labute approximate surface area is 89.1 Å². The second kappa shape index (κ2) is 8.83. The molecule has 1 heterocycles. The van der Waals surface area contributed by atoms with Gasteiger partial charge in [0.1, 0.15) is 0 Å². The van der Waals surface area contributed by atoms with Gasteiger partial charge in [-0.2, -0.15) is 0 Å². The molecule has 1 nitrogen and oxygen atoms in total. The molecule has 0 aromatic rings. The zero-order valence-corrected chi connectivity index (χ0v) is 9.67. The summed E-state index contributed by atoms with van der Waals surface area (Å²) >= 11 is 0. The molecule has 0 aromatic heterocycles. The van der Waals surface area contributed by atoms with Gasteiger partial charge in [0.2, 0.25) is 0 Å². The number of hydrogen-bond donors (Lipinski definition) is 1. The molecule has 0 aromatic carbocycles. The first-order valence-electron chi connectivity index (χ1n) is 5.64. The maximum Gasteiger partial charge on any atom is -0.00463 e. The molecule has 13 heavy (non-hydrogen) atoms. The van der Waals surface area contributed by atoms with Crippen molar-refractivity contribution in [3.05, 3.63) is 0 Å². The average Bonchev–Trinajstić information content (AvgIpc) is 2.14. The minimum atomic E-state index is 0. The summed E-state index contributed by atoms with van der Waals surface area (Å²) in [7, 11) is 0. The van der Waals surface area contributed by atoms with E-state index < -0.39 is 0 Å². The van der Waals surface area contributed by atoms with Gasteiger partial charge in [0.15, 0.2) is 0 Å². The summed E-state index contributed by atoms with van der Waals surface area (Å²) in [6.45, 7) is 4.81. The van der Waals surface area contributed by atoms with Gasteiger partial charge in [-0.05, 0) is 31.8 Å². The zero-order valence-electron chi connectivity index (χ0n) is 8.85. The van der Waals surface area contributed by atoms with Crippen LogP contribution in [-0.2, 0) is 0 Å². The molecule has 1 rings (SSSR count). The van der Waals surface area contributed by atoms with Crippen molar-refractivity contribution >= 4 is 12.4 Å². The minimum absolute atomic E-state index is 0. The lowest BCUT2D eigenvalue weighted by molar-refractivity contribution is 0.342. The van der Waals surface area contributed by atoms with Crippen LogP contribution in [-0.4, -0.2) is 13.1 Å². The Morgan fingerprint density at radius 2 is 1.77 bits per heavy atom. The van der Waals surface area contributed by atoms with Crippen molar-refractivity contribution in [1.82, 2.24) is 5.32 Å². The van der Waals surface area contributed by atoms with Crippen LogP contribution in [0.2, 0.25) is 0 Å². The maximum atomic E-state index is 3.42. The summed E-state index contributed by atoms with van der Waals surface area (Å²) in [4.78, 5) is 0. The molecular formula is C11H24ClN. The first kappa shape index (κ1) is 13.2. The molecule has 0 aliphatic carbocycles. The molecular weight excluding hydrogens is 182 g/mol. The van der Waals surface area contributed by atoms with Gasteiger partial charge < -0.3 is 5.32 Å². The number of hydrogen-bond acceptors (Lipinski definition) is 1. The fraction of sp³-hybridized carbons (Fsp3) is 1.00. The van der Waals surface area contributed by atoms with E-state index in [0.717, 1.165) is 5.92 Å². The van der Waals surface area contributed by atoms with E-state index in [1.54, 1.807) is 0 Å². The molecule has 0 atom stereocenters. The lowest BCUT2D eigenvalue weighted by Crippen LogP contribution is -2.27. The molecule has 1 N–H and O–H groups in total. The van der Waals surface area contributed by atoms with Crippen LogP contribution in [0, 0.1) is 5.92 Å². The van der Waals surface area contributed by atoms with Crippen molar-refractivity contribution in [2.45, 2.75) is 51.9 Å². The smallest absolute Gasteiger partial charge is 0.00463 e. The third-order valence-electron chi connectivity index (χ3n) is 2.92. The molecule has 0 spiro atoms. The number of unbranched alkanes of at least 4 members (excludes halogenated alkanes) is 3. The first-order valence-corrected chi connectivity index (χ1v) is 5.64. The molecule has 0 radical (unpaired) electrons. The van der Waals surface area contributed by atoms with E-state index in [9.17, 15) is 0 Å². The molecule has 80 valence electrons. The number of rotatable bonds is 5. The lowest BCUT2D eigenvalue weighted by Gasteiger charge is -2.22. The Balaban J connectivity index is 0.00000144. The second-order valence-corrected chi connectivity index (χ2v) is 4.04. The van der Waals surface area contributed by atoms with Crippen LogP contribution >= 0.6 is 12.4 Å². The number of nitrogens with one attached hydrogen (secondary N) is 1. The first-order chi connectivity index (χ1) is 5.93. The maximum absolute atomic E-state index is 3.42. The predicted molar refractivity (Wildman–Crippen MR) is 61.6 cm³/mol. The summed E-state index contributed by atoms with van der Waals surface area (Å²) in [6, 6.07) is 0. The summed E-state index contributed by atoms with van der Waals surface area (Å²) in [5.41, 5.74) is 0. The normalized spacial score (nSPS) is 18.2. The van der Waals surface area contributed by atoms with Crippen molar-refractivity contribution in [2.75, 3.05) is 13.1 Å². The zero-order chi connectivity index (χ0) is 8.65. The number of halogens is 1. The average molecular weight is 206 g/mol. The Kier molecular flexibility index (Phi) is 9.00. The van der Waals surface area contributed by atoms with Gasteiger partial charge in [-0.25, -0.2) is 0 Å². The van der Waals surface area contributed by atoms with Crippen LogP contribution in [0.1, 0.15) is 51.9 Å². The van der Waals surface area contributed by atoms with Gasteiger partial charge in [0.25, 0.3) is 0 Å². The summed E-state index contributed by atoms with van der Waals surface area (Å²) in [5, 5.41) is 3.42. The fourth-order valence-corrected chi connectivity index (χ4v) is 2.03. The van der Waals surface area contributed by atoms with Gasteiger partial charge in [0, 0.05) is 0 Å². The number of piperidine rings is 1. The molecule has 0 saturated carbocycles. The summed E-state index contributed by atoms with van der Waals surface area (Å²) in [6.07, 6.45) is 10.1. The standard InChI is InChI=1S/C11H23N.ClH/c1-2-3-4-5-6-11-7-9-12-10-8-11;/h11-12H,2-10H2,1H3;1H. The predicted octanol–water partition coefficient (Wildman–Crippen LogP) is 3.38. The molecule has 1 fully saturated rings. The van der Waals surface area contributed by atoms with E-state index in [0.29, 0.717) is 0 Å². The van der Waals surface area contributed by atoms with Crippen molar-refractivity contribution in [3.8, 4) is 0 Å². The van der Waals surface area contributed by atoms with Crippen molar-refractivity contribution < 1.29 is 0 Å². The van der Waals surface area contributed by atoms with Crippen LogP contribution in [0.5, 0.6) is 0 Å². The van der Waals surface area contributed by atoms with Gasteiger partial charge in [-0.1, -0.05) is 39.0 Å². The van der Waals surface area contributed by atoms with Crippen molar-refractivity contribution in [3.63, 3.8) is 0 Å². The van der Waals surface area contributed by atoms with Crippen LogP contribution in [0.3, 0.4) is 0 Å². The topological polar surface area (TPSA) is 12.0 Å².